The molecule has 3 unspecified atom stereocenters. The standard InChI is InChI=1S/C11H15F2N4O13P3/c12-3-1-2-11(13)8(18)6(28-9(11)17-10(19)16-7(14)4-15-17)5-27-32(23,24)30-33(25,26)29-31(20,21)22/h4,6,8-9,18H,3,5H2,(H,23,24)(H,25,26)(H2,14,16,19)(H2,20,21,22)/t6-,8+,9-,11?/m1/s1. The summed E-state index contributed by atoms with van der Waals surface area (Å²) in [4.78, 5) is 50.8. The van der Waals surface area contributed by atoms with Crippen molar-refractivity contribution in [2.24, 2.45) is 0 Å². The number of nitrogens with two attached hydrogens (primary N) is 1. The molecule has 0 spiro atoms. The Morgan fingerprint density at radius 3 is 2.42 bits per heavy atom. The van der Waals surface area contributed by atoms with Gasteiger partial charge in [-0.05, 0) is 0 Å². The molecular weight excluding hydrogens is 527 g/mol. The number of nitrogens with zero attached hydrogens (tertiary/aromatic N) is 3. The minimum Gasteiger partial charge on any atom is -0.386 e. The molecule has 2 heterocycles. The summed E-state index contributed by atoms with van der Waals surface area (Å²) in [6.45, 7) is -2.67. The number of hydrogen-bond donors (Lipinski definition) is 6. The minimum atomic E-state index is -5.84. The first-order valence-corrected chi connectivity index (χ1v) is 12.6. The average molecular weight is 542 g/mol. The van der Waals surface area contributed by atoms with Crippen LogP contribution in [-0.4, -0.2) is 70.6 Å². The monoisotopic (exact) mass is 542 g/mol. The van der Waals surface area contributed by atoms with Gasteiger partial charge in [0.15, 0.2) is 0 Å². The minimum absolute atomic E-state index is 0.247. The van der Waals surface area contributed by atoms with Crippen LogP contribution in [0.15, 0.2) is 11.0 Å². The lowest BCUT2D eigenvalue weighted by Crippen LogP contribution is -2.45. The molecule has 2 rings (SSSR count). The van der Waals surface area contributed by atoms with Crippen molar-refractivity contribution in [2.75, 3.05) is 19.0 Å². The van der Waals surface area contributed by atoms with Crippen molar-refractivity contribution in [2.45, 2.75) is 24.1 Å². The highest BCUT2D eigenvalue weighted by atomic mass is 31.3. The Labute approximate surface area is 181 Å². The van der Waals surface area contributed by atoms with Gasteiger partial charge < -0.3 is 35.2 Å². The van der Waals surface area contributed by atoms with Crippen LogP contribution in [0.25, 0.3) is 0 Å². The summed E-state index contributed by atoms with van der Waals surface area (Å²) in [5.74, 6) is 3.03. The van der Waals surface area contributed by atoms with Crippen molar-refractivity contribution in [1.29, 1.82) is 0 Å². The van der Waals surface area contributed by atoms with E-state index in [9.17, 15) is 32.9 Å². The summed E-state index contributed by atoms with van der Waals surface area (Å²) in [5.41, 5.74) is 0.751. The largest absolute Gasteiger partial charge is 0.490 e. The number of nitrogen functional groups attached to an aromatic ring is 1. The van der Waals surface area contributed by atoms with Gasteiger partial charge in [-0.3, -0.25) is 4.52 Å². The van der Waals surface area contributed by atoms with Crippen LogP contribution in [0.5, 0.6) is 0 Å². The molecule has 7 N–H and O–H groups in total. The fourth-order valence-corrected chi connectivity index (χ4v) is 5.45. The van der Waals surface area contributed by atoms with E-state index in [1.54, 1.807) is 11.8 Å². The Kier molecular flexibility index (Phi) is 8.30. The highest BCUT2D eigenvalue weighted by Gasteiger charge is 2.59. The number of anilines is 1. The second kappa shape index (κ2) is 9.92. The van der Waals surface area contributed by atoms with Crippen LogP contribution in [0.3, 0.4) is 0 Å². The quantitative estimate of drug-likeness (QED) is 0.161. The smallest absolute Gasteiger partial charge is 0.386 e. The van der Waals surface area contributed by atoms with Crippen molar-refractivity contribution < 1.29 is 65.0 Å². The molecular formula is C11H15F2N4O13P3. The van der Waals surface area contributed by atoms with Crippen molar-refractivity contribution in [3.8, 4) is 11.8 Å². The molecule has 0 bridgehead atoms. The number of aromatic nitrogens is 3. The molecule has 6 atom stereocenters. The second-order valence-corrected chi connectivity index (χ2v) is 10.4. The number of alkyl halides is 2. The van der Waals surface area contributed by atoms with E-state index in [2.05, 4.69) is 23.2 Å². The summed E-state index contributed by atoms with van der Waals surface area (Å²) < 4.78 is 78.3. The van der Waals surface area contributed by atoms with Gasteiger partial charge in [-0.25, -0.2) is 27.3 Å². The van der Waals surface area contributed by atoms with Crippen LogP contribution in [0.1, 0.15) is 6.23 Å². The van der Waals surface area contributed by atoms with Crippen molar-refractivity contribution in [3.05, 3.63) is 16.7 Å². The molecule has 0 saturated carbocycles. The normalized spacial score (nSPS) is 29.0. The first kappa shape index (κ1) is 27.6. The summed E-state index contributed by atoms with van der Waals surface area (Å²) in [7, 11) is -17.1. The molecule has 0 aromatic carbocycles. The average Bonchev–Trinajstić information content (AvgIpc) is 2.87. The lowest BCUT2D eigenvalue weighted by Gasteiger charge is -2.23. The SMILES string of the molecule is Nc1cnn([C@@H]2O[C@H](COP(=O)(O)OP(=O)(O)OP(=O)(O)O)[C@H](O)C2(F)C#CCF)c(=O)n1. The van der Waals surface area contributed by atoms with Gasteiger partial charge in [-0.2, -0.15) is 23.4 Å². The Bertz CT molecular complexity index is 1150. The van der Waals surface area contributed by atoms with Crippen molar-refractivity contribution in [3.63, 3.8) is 0 Å². The predicted molar refractivity (Wildman–Crippen MR) is 98.0 cm³/mol. The van der Waals surface area contributed by atoms with Gasteiger partial charge in [0.2, 0.25) is 11.9 Å². The Morgan fingerprint density at radius 2 is 1.88 bits per heavy atom. The summed E-state index contributed by atoms with van der Waals surface area (Å²) in [5, 5.41) is 13.7. The maximum Gasteiger partial charge on any atom is 0.490 e. The van der Waals surface area contributed by atoms with Gasteiger partial charge in [-0.1, -0.05) is 11.8 Å². The number of phosphoric ester groups is 1. The first-order chi connectivity index (χ1) is 15.0. The van der Waals surface area contributed by atoms with Crippen LogP contribution in [0, 0.1) is 11.8 Å². The molecule has 1 aliphatic heterocycles. The van der Waals surface area contributed by atoms with Crippen LogP contribution in [0.2, 0.25) is 0 Å². The van der Waals surface area contributed by atoms with Crippen LogP contribution >= 0.6 is 23.5 Å². The number of phosphoric acid groups is 3. The lowest BCUT2D eigenvalue weighted by atomic mass is 9.97. The molecule has 1 aliphatic rings. The van der Waals surface area contributed by atoms with E-state index in [1.165, 1.54) is 0 Å². The zero-order chi connectivity index (χ0) is 25.2. The number of halogens is 2. The first-order valence-electron chi connectivity index (χ1n) is 8.08. The third kappa shape index (κ3) is 7.17. The zero-order valence-corrected chi connectivity index (χ0v) is 18.4. The van der Waals surface area contributed by atoms with Gasteiger partial charge in [0.05, 0.1) is 12.8 Å². The van der Waals surface area contributed by atoms with E-state index in [0.29, 0.717) is 0 Å². The summed E-state index contributed by atoms with van der Waals surface area (Å²) in [6.07, 6.45) is -5.73. The Balaban J connectivity index is 2.26. The maximum absolute atomic E-state index is 15.5. The Hall–Kier alpha value is -1.64. The molecule has 22 heteroatoms. The predicted octanol–water partition coefficient (Wildman–Crippen LogP) is -1.50. The number of hydrogen-bond acceptors (Lipinski definition) is 12. The van der Waals surface area contributed by atoms with Gasteiger partial charge >= 0.3 is 29.2 Å². The van der Waals surface area contributed by atoms with Gasteiger partial charge in [-0.15, -0.1) is 0 Å². The highest BCUT2D eigenvalue weighted by molar-refractivity contribution is 7.66. The third-order valence-electron chi connectivity index (χ3n) is 3.57. The topological polar surface area (TPSA) is 263 Å². The lowest BCUT2D eigenvalue weighted by molar-refractivity contribution is -0.0601. The molecule has 1 saturated heterocycles. The molecule has 0 aliphatic carbocycles. The van der Waals surface area contributed by atoms with E-state index in [-0.39, 0.29) is 10.5 Å². The Morgan fingerprint density at radius 1 is 1.24 bits per heavy atom. The number of aliphatic hydroxyl groups is 1. The van der Waals surface area contributed by atoms with Crippen molar-refractivity contribution >= 4 is 29.3 Å². The van der Waals surface area contributed by atoms with E-state index in [0.717, 1.165) is 6.20 Å². The molecule has 33 heavy (non-hydrogen) atoms. The second-order valence-electron chi connectivity index (χ2n) is 5.97. The molecule has 1 aromatic rings. The van der Waals surface area contributed by atoms with E-state index in [1.807, 2.05) is 0 Å². The number of rotatable bonds is 8. The molecule has 0 amide bonds. The van der Waals surface area contributed by atoms with Crippen LogP contribution in [0.4, 0.5) is 14.6 Å². The third-order valence-corrected chi connectivity index (χ3v) is 7.37. The molecule has 186 valence electrons. The van der Waals surface area contributed by atoms with Gasteiger partial charge in [0.1, 0.15) is 24.7 Å². The van der Waals surface area contributed by atoms with Gasteiger partial charge in [0, 0.05) is 0 Å². The van der Waals surface area contributed by atoms with E-state index < -0.39 is 66.5 Å². The summed E-state index contributed by atoms with van der Waals surface area (Å²) >= 11 is 0. The van der Waals surface area contributed by atoms with Crippen LogP contribution < -0.4 is 11.4 Å². The van der Waals surface area contributed by atoms with Crippen molar-refractivity contribution in [1.82, 2.24) is 14.8 Å². The molecule has 0 radical (unpaired) electrons. The number of aliphatic hydroxyl groups excluding tert-OH is 1. The van der Waals surface area contributed by atoms with Gasteiger partial charge in [0.25, 0.3) is 0 Å². The fourth-order valence-electron chi connectivity index (χ4n) is 2.42. The zero-order valence-electron chi connectivity index (χ0n) is 15.7. The summed E-state index contributed by atoms with van der Waals surface area (Å²) in [6, 6.07) is 0. The highest BCUT2D eigenvalue weighted by Crippen LogP contribution is 2.66. The molecule has 17 nitrogen and oxygen atoms in total. The molecule has 1 aromatic heterocycles. The number of ether oxygens (including phenoxy) is 1. The van der Waals surface area contributed by atoms with Crippen LogP contribution in [-0.2, 0) is 31.6 Å². The maximum atomic E-state index is 15.5. The van der Waals surface area contributed by atoms with E-state index >= 15 is 4.39 Å². The molecule has 1 fully saturated rings. The fraction of sp³-hybridized carbons (Fsp3) is 0.545. The van der Waals surface area contributed by atoms with E-state index in [4.69, 9.17) is 25.2 Å².